The van der Waals surface area contributed by atoms with Crippen molar-refractivity contribution in [2.45, 2.75) is 6.04 Å². The van der Waals surface area contributed by atoms with Crippen LogP contribution < -0.4 is 10.1 Å². The molecular formula is C17H17N5O3. The third-order valence-electron chi connectivity index (χ3n) is 3.79. The first kappa shape index (κ1) is 16.4. The Kier molecular flexibility index (Phi) is 4.60. The van der Waals surface area contributed by atoms with Gasteiger partial charge in [-0.1, -0.05) is 12.1 Å². The van der Waals surface area contributed by atoms with Crippen molar-refractivity contribution >= 4 is 11.5 Å². The van der Waals surface area contributed by atoms with E-state index < -0.39 is 4.92 Å². The van der Waals surface area contributed by atoms with E-state index in [9.17, 15) is 10.1 Å². The van der Waals surface area contributed by atoms with Gasteiger partial charge in [-0.05, 0) is 23.8 Å². The normalized spacial score (nSPS) is 11.8. The van der Waals surface area contributed by atoms with E-state index >= 15 is 0 Å². The number of nitrogens with one attached hydrogen (secondary N) is 1. The highest BCUT2D eigenvalue weighted by atomic mass is 16.6. The fourth-order valence-corrected chi connectivity index (χ4v) is 2.50. The molecule has 8 heteroatoms. The number of methoxy groups -OCH3 is 1. The van der Waals surface area contributed by atoms with Crippen LogP contribution in [-0.2, 0) is 7.05 Å². The molecule has 0 saturated heterocycles. The van der Waals surface area contributed by atoms with Gasteiger partial charge in [0.25, 0.3) is 5.69 Å². The number of hydrogen-bond acceptors (Lipinski definition) is 6. The molecule has 0 radical (unpaired) electrons. The number of benzene rings is 1. The molecule has 128 valence electrons. The Labute approximate surface area is 144 Å². The van der Waals surface area contributed by atoms with E-state index in [0.717, 1.165) is 17.1 Å². The third kappa shape index (κ3) is 3.57. The maximum absolute atomic E-state index is 10.8. The number of nitrogens with zero attached hydrogens (tertiary/aromatic N) is 4. The van der Waals surface area contributed by atoms with Crippen molar-refractivity contribution in [1.82, 2.24) is 14.5 Å². The second-order valence-corrected chi connectivity index (χ2v) is 5.41. The molecule has 1 aromatic carbocycles. The van der Waals surface area contributed by atoms with E-state index in [2.05, 4.69) is 15.3 Å². The highest BCUT2D eigenvalue weighted by Crippen LogP contribution is 2.27. The van der Waals surface area contributed by atoms with Gasteiger partial charge < -0.3 is 14.6 Å². The molecule has 0 fully saturated rings. The van der Waals surface area contributed by atoms with Gasteiger partial charge in [-0.15, -0.1) is 0 Å². The summed E-state index contributed by atoms with van der Waals surface area (Å²) in [6, 6.07) is 10.3. The van der Waals surface area contributed by atoms with Crippen LogP contribution in [0.2, 0.25) is 0 Å². The molecule has 0 aliphatic carbocycles. The van der Waals surface area contributed by atoms with Gasteiger partial charge in [0.2, 0.25) is 0 Å². The number of aryl methyl sites for hydroxylation is 1. The van der Waals surface area contributed by atoms with Crippen LogP contribution in [0, 0.1) is 10.1 Å². The Bertz CT molecular complexity index is 876. The second-order valence-electron chi connectivity index (χ2n) is 5.41. The van der Waals surface area contributed by atoms with E-state index in [1.54, 1.807) is 19.4 Å². The maximum Gasteiger partial charge on any atom is 0.287 e. The third-order valence-corrected chi connectivity index (χ3v) is 3.79. The van der Waals surface area contributed by atoms with Crippen LogP contribution in [0.3, 0.4) is 0 Å². The van der Waals surface area contributed by atoms with Gasteiger partial charge >= 0.3 is 0 Å². The number of rotatable bonds is 6. The van der Waals surface area contributed by atoms with Crippen molar-refractivity contribution in [2.24, 2.45) is 7.05 Å². The topological polar surface area (TPSA) is 95.1 Å². The summed E-state index contributed by atoms with van der Waals surface area (Å²) in [7, 11) is 3.51. The zero-order chi connectivity index (χ0) is 17.8. The SMILES string of the molecule is COc1cccc(C(Nc2ccc([N+](=O)[O-])cn2)c2nccn2C)c1. The van der Waals surface area contributed by atoms with Gasteiger partial charge in [-0.25, -0.2) is 9.97 Å². The predicted molar refractivity (Wildman–Crippen MR) is 92.6 cm³/mol. The second kappa shape index (κ2) is 7.00. The maximum atomic E-state index is 10.8. The van der Waals surface area contributed by atoms with Gasteiger partial charge in [0, 0.05) is 25.5 Å². The molecule has 0 bridgehead atoms. The van der Waals surface area contributed by atoms with Gasteiger partial charge in [0.1, 0.15) is 29.6 Å². The number of imidazole rings is 1. The van der Waals surface area contributed by atoms with Gasteiger partial charge in [-0.3, -0.25) is 10.1 Å². The van der Waals surface area contributed by atoms with Gasteiger partial charge in [0.05, 0.1) is 12.0 Å². The smallest absolute Gasteiger partial charge is 0.287 e. The van der Waals surface area contributed by atoms with Crippen LogP contribution >= 0.6 is 0 Å². The largest absolute Gasteiger partial charge is 0.497 e. The minimum Gasteiger partial charge on any atom is -0.497 e. The van der Waals surface area contributed by atoms with E-state index in [1.165, 1.54) is 12.3 Å². The molecule has 2 aromatic heterocycles. The van der Waals surface area contributed by atoms with Crippen molar-refractivity contribution in [3.8, 4) is 5.75 Å². The Morgan fingerprint density at radius 1 is 1.28 bits per heavy atom. The average Bonchev–Trinajstić information content (AvgIpc) is 3.06. The molecule has 1 N–H and O–H groups in total. The number of aromatic nitrogens is 3. The Hall–Kier alpha value is -3.42. The first-order chi connectivity index (χ1) is 12.1. The summed E-state index contributed by atoms with van der Waals surface area (Å²) in [5.74, 6) is 2.03. The minimum atomic E-state index is -0.477. The molecule has 1 unspecified atom stereocenters. The zero-order valence-corrected chi connectivity index (χ0v) is 13.8. The summed E-state index contributed by atoms with van der Waals surface area (Å²) >= 11 is 0. The van der Waals surface area contributed by atoms with Gasteiger partial charge in [-0.2, -0.15) is 0 Å². The average molecular weight is 339 g/mol. The monoisotopic (exact) mass is 339 g/mol. The lowest BCUT2D eigenvalue weighted by atomic mass is 10.1. The van der Waals surface area contributed by atoms with Crippen molar-refractivity contribution in [2.75, 3.05) is 12.4 Å². The number of nitro groups is 1. The Balaban J connectivity index is 1.96. The van der Waals surface area contributed by atoms with E-state index in [1.807, 2.05) is 42.1 Å². The predicted octanol–water partition coefficient (Wildman–Crippen LogP) is 2.93. The summed E-state index contributed by atoms with van der Waals surface area (Å²) in [5, 5.41) is 14.1. The van der Waals surface area contributed by atoms with Crippen LogP contribution in [0.5, 0.6) is 5.75 Å². The van der Waals surface area contributed by atoms with Crippen molar-refractivity contribution in [1.29, 1.82) is 0 Å². The standard InChI is InChI=1S/C17H17N5O3/c1-21-9-8-18-17(21)16(12-4-3-5-14(10-12)25-2)20-15-7-6-13(11-19-15)22(23)24/h3-11,16H,1-2H3,(H,19,20). The van der Waals surface area contributed by atoms with Crippen LogP contribution in [0.15, 0.2) is 55.0 Å². The summed E-state index contributed by atoms with van der Waals surface area (Å²) in [4.78, 5) is 18.8. The number of hydrogen-bond donors (Lipinski definition) is 1. The van der Waals surface area contributed by atoms with Crippen molar-refractivity contribution in [3.63, 3.8) is 0 Å². The zero-order valence-electron chi connectivity index (χ0n) is 13.8. The highest BCUT2D eigenvalue weighted by Gasteiger charge is 2.20. The Morgan fingerprint density at radius 3 is 2.72 bits per heavy atom. The van der Waals surface area contributed by atoms with Crippen LogP contribution in [0.4, 0.5) is 11.5 Å². The van der Waals surface area contributed by atoms with E-state index in [0.29, 0.717) is 5.82 Å². The van der Waals surface area contributed by atoms with Crippen LogP contribution in [0.25, 0.3) is 0 Å². The molecule has 0 amide bonds. The fourth-order valence-electron chi connectivity index (χ4n) is 2.50. The lowest BCUT2D eigenvalue weighted by molar-refractivity contribution is -0.385. The lowest BCUT2D eigenvalue weighted by Gasteiger charge is -2.20. The highest BCUT2D eigenvalue weighted by molar-refractivity contribution is 5.46. The number of anilines is 1. The summed E-state index contributed by atoms with van der Waals surface area (Å²) in [6.07, 6.45) is 4.80. The molecule has 0 aliphatic heterocycles. The molecule has 0 spiro atoms. The minimum absolute atomic E-state index is 0.0551. The lowest BCUT2D eigenvalue weighted by Crippen LogP contribution is -2.17. The first-order valence-corrected chi connectivity index (χ1v) is 7.56. The molecule has 0 aliphatic rings. The summed E-state index contributed by atoms with van der Waals surface area (Å²) < 4.78 is 7.20. The quantitative estimate of drug-likeness (QED) is 0.548. The molecule has 3 aromatic rings. The molecule has 8 nitrogen and oxygen atoms in total. The van der Waals surface area contributed by atoms with Crippen molar-refractivity contribution in [3.05, 3.63) is 76.5 Å². The molecule has 3 rings (SSSR count). The molecular weight excluding hydrogens is 322 g/mol. The molecule has 25 heavy (non-hydrogen) atoms. The van der Waals surface area contributed by atoms with E-state index in [-0.39, 0.29) is 11.7 Å². The number of pyridine rings is 1. The summed E-state index contributed by atoms with van der Waals surface area (Å²) in [5.41, 5.74) is 0.884. The fraction of sp³-hybridized carbons (Fsp3) is 0.176. The Morgan fingerprint density at radius 2 is 2.12 bits per heavy atom. The molecule has 1 atom stereocenters. The number of ether oxygens (including phenoxy) is 1. The van der Waals surface area contributed by atoms with Gasteiger partial charge in [0.15, 0.2) is 0 Å². The first-order valence-electron chi connectivity index (χ1n) is 7.56. The van der Waals surface area contributed by atoms with E-state index in [4.69, 9.17) is 4.74 Å². The summed E-state index contributed by atoms with van der Waals surface area (Å²) in [6.45, 7) is 0. The molecule has 2 heterocycles. The van der Waals surface area contributed by atoms with Crippen LogP contribution in [0.1, 0.15) is 17.4 Å². The van der Waals surface area contributed by atoms with Crippen LogP contribution in [-0.4, -0.2) is 26.6 Å². The van der Waals surface area contributed by atoms with Crippen molar-refractivity contribution < 1.29 is 9.66 Å². The molecule has 0 saturated carbocycles.